The summed E-state index contributed by atoms with van der Waals surface area (Å²) in [6, 6.07) is 7.75. The molecule has 3 nitrogen and oxygen atoms in total. The lowest BCUT2D eigenvalue weighted by molar-refractivity contribution is 0.208. The van der Waals surface area contributed by atoms with Gasteiger partial charge in [0.15, 0.2) is 0 Å². The van der Waals surface area contributed by atoms with Crippen LogP contribution in [0.5, 0.6) is 0 Å². The minimum atomic E-state index is -0.714. The van der Waals surface area contributed by atoms with E-state index in [0.717, 1.165) is 5.56 Å². The summed E-state index contributed by atoms with van der Waals surface area (Å²) in [6.07, 6.45) is 4.32. The lowest BCUT2D eigenvalue weighted by Crippen LogP contribution is -2.06. The lowest BCUT2D eigenvalue weighted by atomic mass is 10.1. The largest absolute Gasteiger partial charge is 0.380 e. The molecule has 82 valence electrons. The number of aliphatic hydroxyl groups is 1. The standard InChI is InChI=1S/C13H14N2O/c1-3-15-9-8-14-13(15)12(16)11-6-4-10(2)5-7-11/h3-9,12,16H,1H2,2H3. The fourth-order valence-electron chi connectivity index (χ4n) is 1.59. The number of benzene rings is 1. The molecule has 1 unspecified atom stereocenters. The predicted molar refractivity (Wildman–Crippen MR) is 63.9 cm³/mol. The van der Waals surface area contributed by atoms with Gasteiger partial charge in [0.25, 0.3) is 0 Å². The summed E-state index contributed by atoms with van der Waals surface area (Å²) in [5, 5.41) is 10.2. The molecule has 0 amide bonds. The Kier molecular flexibility index (Phi) is 2.88. The molecule has 3 heteroatoms. The van der Waals surface area contributed by atoms with Gasteiger partial charge in [0, 0.05) is 18.6 Å². The summed E-state index contributed by atoms with van der Waals surface area (Å²) < 4.78 is 1.71. The van der Waals surface area contributed by atoms with Gasteiger partial charge in [-0.3, -0.25) is 0 Å². The van der Waals surface area contributed by atoms with Crippen molar-refractivity contribution >= 4 is 6.20 Å². The number of aryl methyl sites for hydroxylation is 1. The van der Waals surface area contributed by atoms with Crippen LogP contribution in [0.1, 0.15) is 23.1 Å². The molecular formula is C13H14N2O. The average molecular weight is 214 g/mol. The average Bonchev–Trinajstić information content (AvgIpc) is 2.77. The molecule has 0 saturated carbocycles. The first-order valence-corrected chi connectivity index (χ1v) is 5.12. The van der Waals surface area contributed by atoms with Crippen LogP contribution in [0.15, 0.2) is 43.2 Å². The molecule has 0 bridgehead atoms. The second kappa shape index (κ2) is 4.33. The van der Waals surface area contributed by atoms with Crippen LogP contribution in [0.25, 0.3) is 6.20 Å². The molecular weight excluding hydrogens is 200 g/mol. The van der Waals surface area contributed by atoms with Gasteiger partial charge in [0.2, 0.25) is 0 Å². The minimum absolute atomic E-state index is 0.582. The molecule has 0 spiro atoms. The number of nitrogens with zero attached hydrogens (tertiary/aromatic N) is 2. The molecule has 1 aromatic carbocycles. The van der Waals surface area contributed by atoms with E-state index in [1.54, 1.807) is 23.2 Å². The molecule has 1 heterocycles. The summed E-state index contributed by atoms with van der Waals surface area (Å²) in [5.74, 6) is 0.582. The van der Waals surface area contributed by atoms with E-state index < -0.39 is 6.10 Å². The second-order valence-corrected chi connectivity index (χ2v) is 3.69. The van der Waals surface area contributed by atoms with E-state index in [0.29, 0.717) is 5.82 Å². The van der Waals surface area contributed by atoms with Gasteiger partial charge in [0.1, 0.15) is 11.9 Å². The van der Waals surface area contributed by atoms with E-state index in [4.69, 9.17) is 0 Å². The van der Waals surface area contributed by atoms with Crippen molar-refractivity contribution in [1.82, 2.24) is 9.55 Å². The van der Waals surface area contributed by atoms with Gasteiger partial charge in [0.05, 0.1) is 0 Å². The number of aliphatic hydroxyl groups excluding tert-OH is 1. The fourth-order valence-corrected chi connectivity index (χ4v) is 1.59. The summed E-state index contributed by atoms with van der Waals surface area (Å²) in [4.78, 5) is 4.13. The van der Waals surface area contributed by atoms with Crippen molar-refractivity contribution in [1.29, 1.82) is 0 Å². The highest BCUT2D eigenvalue weighted by molar-refractivity contribution is 5.30. The molecule has 0 saturated heterocycles. The number of aromatic nitrogens is 2. The highest BCUT2D eigenvalue weighted by atomic mass is 16.3. The van der Waals surface area contributed by atoms with E-state index in [9.17, 15) is 5.11 Å². The molecule has 0 aliphatic heterocycles. The van der Waals surface area contributed by atoms with E-state index >= 15 is 0 Å². The zero-order valence-electron chi connectivity index (χ0n) is 9.17. The normalized spacial score (nSPS) is 12.4. The number of imidazole rings is 1. The molecule has 0 fully saturated rings. The predicted octanol–water partition coefficient (Wildman–Crippen LogP) is 2.37. The third-order valence-electron chi connectivity index (χ3n) is 2.53. The van der Waals surface area contributed by atoms with Crippen molar-refractivity contribution in [3.8, 4) is 0 Å². The summed E-state index contributed by atoms with van der Waals surface area (Å²) in [6.45, 7) is 5.68. The zero-order chi connectivity index (χ0) is 11.5. The van der Waals surface area contributed by atoms with Gasteiger partial charge in [-0.05, 0) is 12.5 Å². The van der Waals surface area contributed by atoms with Crippen molar-refractivity contribution in [3.05, 3.63) is 60.2 Å². The summed E-state index contributed by atoms with van der Waals surface area (Å²) >= 11 is 0. The van der Waals surface area contributed by atoms with Gasteiger partial charge in [-0.1, -0.05) is 36.4 Å². The molecule has 16 heavy (non-hydrogen) atoms. The SMILES string of the molecule is C=Cn1ccnc1C(O)c1ccc(C)cc1. The Morgan fingerprint density at radius 1 is 1.38 bits per heavy atom. The monoisotopic (exact) mass is 214 g/mol. The highest BCUT2D eigenvalue weighted by Gasteiger charge is 2.14. The van der Waals surface area contributed by atoms with Crippen LogP contribution in [0.3, 0.4) is 0 Å². The van der Waals surface area contributed by atoms with Crippen molar-refractivity contribution < 1.29 is 5.11 Å². The van der Waals surface area contributed by atoms with Crippen LogP contribution in [0.4, 0.5) is 0 Å². The van der Waals surface area contributed by atoms with Crippen LogP contribution in [-0.2, 0) is 0 Å². The van der Waals surface area contributed by atoms with Gasteiger partial charge in [-0.15, -0.1) is 0 Å². The number of rotatable bonds is 3. The zero-order valence-corrected chi connectivity index (χ0v) is 9.17. The molecule has 2 aromatic rings. The highest BCUT2D eigenvalue weighted by Crippen LogP contribution is 2.20. The van der Waals surface area contributed by atoms with Crippen LogP contribution in [-0.4, -0.2) is 14.7 Å². The Hall–Kier alpha value is -1.87. The van der Waals surface area contributed by atoms with Crippen LogP contribution in [0, 0.1) is 6.92 Å². The molecule has 0 radical (unpaired) electrons. The van der Waals surface area contributed by atoms with E-state index in [1.807, 2.05) is 31.2 Å². The first-order valence-electron chi connectivity index (χ1n) is 5.12. The van der Waals surface area contributed by atoms with E-state index in [-0.39, 0.29) is 0 Å². The molecule has 0 aliphatic carbocycles. The third kappa shape index (κ3) is 1.90. The van der Waals surface area contributed by atoms with Crippen molar-refractivity contribution in [2.45, 2.75) is 13.0 Å². The van der Waals surface area contributed by atoms with Crippen molar-refractivity contribution in [2.24, 2.45) is 0 Å². The van der Waals surface area contributed by atoms with E-state index in [2.05, 4.69) is 11.6 Å². The Labute approximate surface area is 94.7 Å². The van der Waals surface area contributed by atoms with Crippen molar-refractivity contribution in [3.63, 3.8) is 0 Å². The Morgan fingerprint density at radius 3 is 2.69 bits per heavy atom. The number of hydrogen-bond donors (Lipinski definition) is 1. The summed E-state index contributed by atoms with van der Waals surface area (Å²) in [7, 11) is 0. The molecule has 2 rings (SSSR count). The first-order chi connectivity index (χ1) is 7.72. The molecule has 1 aromatic heterocycles. The maximum absolute atomic E-state index is 10.2. The quantitative estimate of drug-likeness (QED) is 0.851. The topological polar surface area (TPSA) is 38.0 Å². The molecule has 1 atom stereocenters. The third-order valence-corrected chi connectivity index (χ3v) is 2.53. The smallest absolute Gasteiger partial charge is 0.146 e. The van der Waals surface area contributed by atoms with Gasteiger partial charge < -0.3 is 9.67 Å². The maximum atomic E-state index is 10.2. The maximum Gasteiger partial charge on any atom is 0.146 e. The van der Waals surface area contributed by atoms with Gasteiger partial charge in [-0.2, -0.15) is 0 Å². The van der Waals surface area contributed by atoms with Gasteiger partial charge >= 0.3 is 0 Å². The molecule has 1 N–H and O–H groups in total. The Morgan fingerprint density at radius 2 is 2.06 bits per heavy atom. The van der Waals surface area contributed by atoms with Gasteiger partial charge in [-0.25, -0.2) is 4.98 Å². The van der Waals surface area contributed by atoms with Crippen molar-refractivity contribution in [2.75, 3.05) is 0 Å². The fraction of sp³-hybridized carbons (Fsp3) is 0.154. The van der Waals surface area contributed by atoms with Crippen LogP contribution in [0.2, 0.25) is 0 Å². The summed E-state index contributed by atoms with van der Waals surface area (Å²) in [5.41, 5.74) is 2.00. The number of hydrogen-bond acceptors (Lipinski definition) is 2. The molecule has 0 aliphatic rings. The Bertz CT molecular complexity index is 485. The minimum Gasteiger partial charge on any atom is -0.380 e. The van der Waals surface area contributed by atoms with Crippen LogP contribution >= 0.6 is 0 Å². The lowest BCUT2D eigenvalue weighted by Gasteiger charge is -2.11. The van der Waals surface area contributed by atoms with E-state index in [1.165, 1.54) is 5.56 Å². The second-order valence-electron chi connectivity index (χ2n) is 3.69. The van der Waals surface area contributed by atoms with Crippen LogP contribution < -0.4 is 0 Å². The Balaban J connectivity index is 2.35. The first kappa shape index (κ1) is 10.6.